The molecule has 3 aliphatic rings. The number of rotatable bonds is 2. The largest absolute Gasteiger partial charge is 0.380 e. The predicted octanol–water partition coefficient (Wildman–Crippen LogP) is 2.49. The molecule has 24 heavy (non-hydrogen) atoms. The van der Waals surface area contributed by atoms with Gasteiger partial charge in [0.1, 0.15) is 0 Å². The summed E-state index contributed by atoms with van der Waals surface area (Å²) in [5.41, 5.74) is 0. The summed E-state index contributed by atoms with van der Waals surface area (Å²) in [7, 11) is 0. The summed E-state index contributed by atoms with van der Waals surface area (Å²) in [6.07, 6.45) is 10.5. The van der Waals surface area contributed by atoms with Crippen LogP contribution in [0, 0.1) is 11.8 Å². The normalized spacial score (nSPS) is 30.3. The summed E-state index contributed by atoms with van der Waals surface area (Å²) < 4.78 is 5.58. The molecule has 1 heterocycles. The highest BCUT2D eigenvalue weighted by Crippen LogP contribution is 2.32. The van der Waals surface area contributed by atoms with E-state index in [2.05, 4.69) is 10.2 Å². The smallest absolute Gasteiger partial charge is 0.225 e. The lowest BCUT2D eigenvalue weighted by Gasteiger charge is -2.39. The van der Waals surface area contributed by atoms with E-state index in [0.717, 1.165) is 38.6 Å². The van der Waals surface area contributed by atoms with Crippen molar-refractivity contribution in [3.05, 3.63) is 0 Å². The van der Waals surface area contributed by atoms with E-state index in [4.69, 9.17) is 4.74 Å². The third-order valence-electron chi connectivity index (χ3n) is 5.96. The van der Waals surface area contributed by atoms with Gasteiger partial charge >= 0.3 is 0 Å². The van der Waals surface area contributed by atoms with Crippen molar-refractivity contribution in [1.29, 1.82) is 0 Å². The minimum atomic E-state index is -0.0376. The number of carbonyl (C=O) groups is 2. The highest BCUT2D eigenvalue weighted by molar-refractivity contribution is 5.82. The number of carbonyl (C=O) groups excluding carboxylic acids is 2. The Morgan fingerprint density at radius 3 is 2.62 bits per heavy atom. The van der Waals surface area contributed by atoms with Crippen LogP contribution in [0.1, 0.15) is 64.2 Å². The molecule has 0 spiro atoms. The van der Waals surface area contributed by atoms with Crippen LogP contribution in [0.25, 0.3) is 0 Å². The first-order valence-electron chi connectivity index (χ1n) is 9.90. The lowest BCUT2D eigenvalue weighted by atomic mass is 9.82. The summed E-state index contributed by atoms with van der Waals surface area (Å²) in [4.78, 5) is 27.7. The predicted molar refractivity (Wildman–Crippen MR) is 92.5 cm³/mol. The second-order valence-electron chi connectivity index (χ2n) is 7.66. The van der Waals surface area contributed by atoms with Crippen LogP contribution in [0.4, 0.5) is 0 Å². The van der Waals surface area contributed by atoms with Crippen molar-refractivity contribution >= 4 is 11.8 Å². The number of nitrogens with zero attached hydrogens (tertiary/aromatic N) is 1. The molecule has 0 unspecified atom stereocenters. The van der Waals surface area contributed by atoms with Crippen LogP contribution in [0.5, 0.6) is 0 Å². The Labute approximate surface area is 145 Å². The van der Waals surface area contributed by atoms with Crippen molar-refractivity contribution in [3.8, 4) is 0 Å². The standard InChI is InChI=1S/C19H32N2O3/c22-18(14-15-6-1-2-7-15)21-11-5-12-24-13-10-20-19(23)16-8-3-4-9-17(16)21/h15-17H,1-14H2,(H,20,23)/t16-,17+/m1/s1. The molecule has 5 heteroatoms. The molecular formula is C19H32N2O3. The monoisotopic (exact) mass is 336 g/mol. The molecule has 0 bridgehead atoms. The minimum Gasteiger partial charge on any atom is -0.380 e. The highest BCUT2D eigenvalue weighted by Gasteiger charge is 2.37. The van der Waals surface area contributed by atoms with E-state index < -0.39 is 0 Å². The van der Waals surface area contributed by atoms with Crippen molar-refractivity contribution in [2.75, 3.05) is 26.3 Å². The Bertz CT molecular complexity index is 434. The van der Waals surface area contributed by atoms with Gasteiger partial charge < -0.3 is 15.0 Å². The topological polar surface area (TPSA) is 58.6 Å². The third-order valence-corrected chi connectivity index (χ3v) is 5.96. The van der Waals surface area contributed by atoms with Crippen LogP contribution in [0.15, 0.2) is 0 Å². The fourth-order valence-electron chi connectivity index (χ4n) is 4.66. The number of fused-ring (bicyclic) bond motifs is 1. The molecule has 136 valence electrons. The summed E-state index contributed by atoms with van der Waals surface area (Å²) in [5, 5.41) is 3.01. The molecule has 1 N–H and O–H groups in total. The molecule has 1 saturated heterocycles. The highest BCUT2D eigenvalue weighted by atomic mass is 16.5. The first kappa shape index (κ1) is 17.7. The van der Waals surface area contributed by atoms with E-state index in [1.807, 2.05) is 0 Å². The second kappa shape index (κ2) is 8.84. The second-order valence-corrected chi connectivity index (χ2v) is 7.66. The SMILES string of the molecule is O=C1NCCOCCCN(C(=O)CC2CCCC2)[C@H]2CCCC[C@@H]12. The van der Waals surface area contributed by atoms with Crippen molar-refractivity contribution in [3.63, 3.8) is 0 Å². The Morgan fingerprint density at radius 1 is 1.04 bits per heavy atom. The number of hydrogen-bond donors (Lipinski definition) is 1. The van der Waals surface area contributed by atoms with Crippen LogP contribution in [0.3, 0.4) is 0 Å². The zero-order valence-corrected chi connectivity index (χ0v) is 14.8. The van der Waals surface area contributed by atoms with Gasteiger partial charge in [-0.2, -0.15) is 0 Å². The van der Waals surface area contributed by atoms with Gasteiger partial charge in [-0.1, -0.05) is 25.7 Å². The van der Waals surface area contributed by atoms with Gasteiger partial charge in [0.15, 0.2) is 0 Å². The average molecular weight is 336 g/mol. The summed E-state index contributed by atoms with van der Waals surface area (Å²) in [6.45, 7) is 2.55. The van der Waals surface area contributed by atoms with Gasteiger partial charge in [-0.15, -0.1) is 0 Å². The average Bonchev–Trinajstić information content (AvgIpc) is 3.08. The molecule has 2 atom stereocenters. The zero-order chi connectivity index (χ0) is 16.8. The van der Waals surface area contributed by atoms with Crippen molar-refractivity contribution in [2.24, 2.45) is 11.8 Å². The van der Waals surface area contributed by atoms with Crippen LogP contribution < -0.4 is 5.32 Å². The minimum absolute atomic E-state index is 0.0376. The van der Waals surface area contributed by atoms with E-state index in [1.54, 1.807) is 0 Å². The molecule has 3 rings (SSSR count). The number of hydrogen-bond acceptors (Lipinski definition) is 3. The Balaban J connectivity index is 1.72. The van der Waals surface area contributed by atoms with Crippen LogP contribution in [-0.4, -0.2) is 49.1 Å². The van der Waals surface area contributed by atoms with Crippen LogP contribution in [0.2, 0.25) is 0 Å². The van der Waals surface area contributed by atoms with Gasteiger partial charge in [0.2, 0.25) is 11.8 Å². The van der Waals surface area contributed by atoms with E-state index in [1.165, 1.54) is 25.7 Å². The number of amides is 2. The van der Waals surface area contributed by atoms with Crippen LogP contribution >= 0.6 is 0 Å². The van der Waals surface area contributed by atoms with Crippen molar-refractivity contribution in [2.45, 2.75) is 70.3 Å². The van der Waals surface area contributed by atoms with Crippen LogP contribution in [-0.2, 0) is 14.3 Å². The lowest BCUT2D eigenvalue weighted by molar-refractivity contribution is -0.139. The molecule has 0 radical (unpaired) electrons. The van der Waals surface area contributed by atoms with Crippen molar-refractivity contribution < 1.29 is 14.3 Å². The maximum absolute atomic E-state index is 13.0. The molecule has 3 fully saturated rings. The van der Waals surface area contributed by atoms with Crippen molar-refractivity contribution in [1.82, 2.24) is 10.2 Å². The Morgan fingerprint density at radius 2 is 1.79 bits per heavy atom. The van der Waals surface area contributed by atoms with Gasteiger partial charge in [0.25, 0.3) is 0 Å². The maximum atomic E-state index is 13.0. The summed E-state index contributed by atoms with van der Waals surface area (Å²) in [6, 6.07) is 0.0887. The lowest BCUT2D eigenvalue weighted by Crippen LogP contribution is -2.51. The molecule has 2 aliphatic carbocycles. The van der Waals surface area contributed by atoms with E-state index in [0.29, 0.717) is 32.1 Å². The van der Waals surface area contributed by atoms with Gasteiger partial charge in [0, 0.05) is 32.2 Å². The van der Waals surface area contributed by atoms with Gasteiger partial charge in [-0.25, -0.2) is 0 Å². The molecule has 0 aromatic heterocycles. The van der Waals surface area contributed by atoms with E-state index >= 15 is 0 Å². The molecule has 0 aromatic carbocycles. The van der Waals surface area contributed by atoms with Gasteiger partial charge in [-0.3, -0.25) is 9.59 Å². The molecule has 2 saturated carbocycles. The molecule has 5 nitrogen and oxygen atoms in total. The van der Waals surface area contributed by atoms with Gasteiger partial charge in [0.05, 0.1) is 12.5 Å². The molecule has 1 aliphatic heterocycles. The fraction of sp³-hybridized carbons (Fsp3) is 0.895. The summed E-state index contributed by atoms with van der Waals surface area (Å²) in [5.74, 6) is 0.905. The number of ether oxygens (including phenoxy) is 1. The maximum Gasteiger partial charge on any atom is 0.225 e. The van der Waals surface area contributed by atoms with E-state index in [9.17, 15) is 9.59 Å². The first-order valence-corrected chi connectivity index (χ1v) is 9.90. The Kier molecular flexibility index (Phi) is 6.52. The van der Waals surface area contributed by atoms with E-state index in [-0.39, 0.29) is 23.8 Å². The first-order chi connectivity index (χ1) is 11.8. The zero-order valence-electron chi connectivity index (χ0n) is 14.8. The molecule has 2 amide bonds. The summed E-state index contributed by atoms with van der Waals surface area (Å²) >= 11 is 0. The molecular weight excluding hydrogens is 304 g/mol. The third kappa shape index (κ3) is 4.50. The Hall–Kier alpha value is -1.10. The number of nitrogens with one attached hydrogen (secondary N) is 1. The molecule has 0 aromatic rings. The van der Waals surface area contributed by atoms with Gasteiger partial charge in [-0.05, 0) is 38.0 Å². The fourth-order valence-corrected chi connectivity index (χ4v) is 4.66. The quantitative estimate of drug-likeness (QED) is 0.843.